The van der Waals surface area contributed by atoms with Crippen molar-refractivity contribution >= 4 is 22.3 Å². The summed E-state index contributed by atoms with van der Waals surface area (Å²) in [6, 6.07) is 19.0. The summed E-state index contributed by atoms with van der Waals surface area (Å²) in [4.78, 5) is 22.4. The van der Waals surface area contributed by atoms with Crippen molar-refractivity contribution in [3.05, 3.63) is 135 Å². The van der Waals surface area contributed by atoms with Gasteiger partial charge in [0.2, 0.25) is 11.6 Å². The monoisotopic (exact) mass is 729 g/mol. The second kappa shape index (κ2) is 15.6. The van der Waals surface area contributed by atoms with E-state index in [-0.39, 0.29) is 37.4 Å². The van der Waals surface area contributed by atoms with Crippen LogP contribution in [0.25, 0.3) is 22.2 Å². The minimum atomic E-state index is -1.65. The van der Waals surface area contributed by atoms with Gasteiger partial charge in [0, 0.05) is 79.2 Å². The lowest BCUT2D eigenvalue weighted by molar-refractivity contribution is -0.384. The molecule has 2 aromatic heterocycles. The highest BCUT2D eigenvalue weighted by atomic mass is 19.2. The number of anilines is 1. The van der Waals surface area contributed by atoms with Crippen LogP contribution in [0.1, 0.15) is 28.9 Å². The van der Waals surface area contributed by atoms with Gasteiger partial charge >= 0.3 is 0 Å². The Labute approximate surface area is 302 Å². The minimum Gasteiger partial charge on any atom is -0.497 e. The van der Waals surface area contributed by atoms with Gasteiger partial charge in [0.05, 0.1) is 24.8 Å². The molecular formula is C39H35F4N5O5. The zero-order chi connectivity index (χ0) is 37.8. The Morgan fingerprint density at radius 3 is 2.32 bits per heavy atom. The van der Waals surface area contributed by atoms with Crippen LogP contribution in [0.2, 0.25) is 0 Å². The first-order valence-electron chi connectivity index (χ1n) is 16.5. The second-order valence-electron chi connectivity index (χ2n) is 12.3. The molecule has 274 valence electrons. The number of para-hydroxylation sites is 1. The molecule has 0 aliphatic rings. The standard InChI is InChI=1S/C39H35F4N5O5/c1-46(17-7-9-27-35(40)37(42)39(38(43)36(27)41)53-22-23-11-13-25(51-3)14-12-23)31-20-33(52-4)24(18-32(31)48(49)50)19-34-44-16-15-29(45-34)28-21-47(2)30-10-6-5-8-26(28)30/h5-6,8,10-16,18,20-21H,7,9,17,19,22H2,1-4H3. The quantitative estimate of drug-likeness (QED) is 0.0477. The molecule has 10 nitrogen and oxygen atoms in total. The molecule has 0 bridgehead atoms. The van der Waals surface area contributed by atoms with Crippen LogP contribution in [-0.2, 0) is 26.5 Å². The van der Waals surface area contributed by atoms with E-state index in [9.17, 15) is 18.9 Å². The van der Waals surface area contributed by atoms with Crippen LogP contribution in [0.4, 0.5) is 28.9 Å². The number of aromatic nitrogens is 3. The number of nitro benzene ring substituents is 1. The number of nitrogens with zero attached hydrogens (tertiary/aromatic N) is 5. The number of fused-ring (bicyclic) bond motifs is 1. The highest BCUT2D eigenvalue weighted by Crippen LogP contribution is 2.37. The number of aryl methyl sites for hydroxylation is 1. The van der Waals surface area contributed by atoms with Gasteiger partial charge in [-0.15, -0.1) is 0 Å². The van der Waals surface area contributed by atoms with Crippen LogP contribution in [0.5, 0.6) is 17.2 Å². The van der Waals surface area contributed by atoms with Crippen molar-refractivity contribution in [2.45, 2.75) is 25.9 Å². The first-order chi connectivity index (χ1) is 25.5. The molecule has 0 spiro atoms. The van der Waals surface area contributed by atoms with Crippen LogP contribution in [0.15, 0.2) is 79.1 Å². The molecule has 0 fully saturated rings. The number of hydrogen-bond donors (Lipinski definition) is 0. The van der Waals surface area contributed by atoms with E-state index in [1.807, 2.05) is 42.1 Å². The van der Waals surface area contributed by atoms with Gasteiger partial charge in [0.25, 0.3) is 5.69 Å². The fourth-order valence-corrected chi connectivity index (χ4v) is 6.23. The lowest BCUT2D eigenvalue weighted by Crippen LogP contribution is -2.21. The predicted octanol–water partition coefficient (Wildman–Crippen LogP) is 8.36. The molecule has 0 N–H and O–H groups in total. The maximum absolute atomic E-state index is 15.0. The lowest BCUT2D eigenvalue weighted by Gasteiger charge is -2.21. The fourth-order valence-electron chi connectivity index (χ4n) is 6.23. The third-order valence-electron chi connectivity index (χ3n) is 8.99. The second-order valence-corrected chi connectivity index (χ2v) is 12.3. The van der Waals surface area contributed by atoms with E-state index in [4.69, 9.17) is 19.2 Å². The molecule has 2 heterocycles. The number of benzene rings is 4. The molecular weight excluding hydrogens is 694 g/mol. The molecule has 0 atom stereocenters. The molecule has 6 rings (SSSR count). The van der Waals surface area contributed by atoms with Crippen molar-refractivity contribution in [1.82, 2.24) is 14.5 Å². The number of methoxy groups -OCH3 is 2. The van der Waals surface area contributed by atoms with Crippen LogP contribution >= 0.6 is 0 Å². The Balaban J connectivity index is 1.17. The SMILES string of the molecule is COc1ccc(COc2c(F)c(F)c(CCCN(C)c3cc(OC)c(Cc4nccc(-c5cn(C)c6ccccc56)n4)cc3[N+](=O)[O-])c(F)c2F)cc1. The number of ether oxygens (including phenoxy) is 3. The van der Waals surface area contributed by atoms with E-state index in [1.165, 1.54) is 31.3 Å². The Morgan fingerprint density at radius 2 is 1.64 bits per heavy atom. The van der Waals surface area contributed by atoms with E-state index in [1.54, 1.807) is 43.6 Å². The highest BCUT2D eigenvalue weighted by molar-refractivity contribution is 5.95. The summed E-state index contributed by atoms with van der Waals surface area (Å²) in [6.45, 7) is -0.302. The first-order valence-corrected chi connectivity index (χ1v) is 16.5. The van der Waals surface area contributed by atoms with E-state index in [0.29, 0.717) is 34.1 Å². The normalized spacial score (nSPS) is 11.2. The summed E-state index contributed by atoms with van der Waals surface area (Å²) < 4.78 is 77.8. The zero-order valence-corrected chi connectivity index (χ0v) is 29.3. The lowest BCUT2D eigenvalue weighted by atomic mass is 10.0. The van der Waals surface area contributed by atoms with Crippen molar-refractivity contribution in [1.29, 1.82) is 0 Å². The van der Waals surface area contributed by atoms with E-state index < -0.39 is 45.9 Å². The maximum atomic E-state index is 15.0. The van der Waals surface area contributed by atoms with Gasteiger partial charge in [-0.3, -0.25) is 10.1 Å². The van der Waals surface area contributed by atoms with E-state index in [0.717, 1.165) is 16.5 Å². The summed E-state index contributed by atoms with van der Waals surface area (Å²) >= 11 is 0. The largest absolute Gasteiger partial charge is 0.497 e. The first kappa shape index (κ1) is 36.6. The van der Waals surface area contributed by atoms with E-state index >= 15 is 8.78 Å². The Morgan fingerprint density at radius 1 is 0.925 bits per heavy atom. The molecule has 14 heteroatoms. The molecule has 53 heavy (non-hydrogen) atoms. The molecule has 4 aromatic carbocycles. The summed E-state index contributed by atoms with van der Waals surface area (Å²) in [7, 11) is 6.42. The molecule has 6 aromatic rings. The van der Waals surface area contributed by atoms with Gasteiger partial charge in [-0.2, -0.15) is 8.78 Å². The van der Waals surface area contributed by atoms with Crippen molar-refractivity contribution in [3.8, 4) is 28.5 Å². The van der Waals surface area contributed by atoms with Crippen LogP contribution in [0.3, 0.4) is 0 Å². The van der Waals surface area contributed by atoms with Crippen LogP contribution < -0.4 is 19.1 Å². The molecule has 0 aliphatic heterocycles. The Bertz CT molecular complexity index is 2270. The Kier molecular flexibility index (Phi) is 10.8. The molecule has 0 saturated carbocycles. The summed E-state index contributed by atoms with van der Waals surface area (Å²) in [5.41, 5.74) is 2.74. The number of nitro groups is 1. The van der Waals surface area contributed by atoms with Gasteiger partial charge in [0.1, 0.15) is 29.6 Å². The smallest absolute Gasteiger partial charge is 0.293 e. The topological polar surface area (TPSA) is 105 Å². The molecule has 0 unspecified atom stereocenters. The minimum absolute atomic E-state index is 0.00864. The molecule has 0 aliphatic carbocycles. The van der Waals surface area contributed by atoms with Crippen molar-refractivity contribution in [2.24, 2.45) is 7.05 Å². The number of hydrogen-bond acceptors (Lipinski definition) is 8. The Hall–Kier alpha value is -6.18. The number of rotatable bonds is 14. The summed E-state index contributed by atoms with van der Waals surface area (Å²) in [5.74, 6) is -6.29. The van der Waals surface area contributed by atoms with Gasteiger partial charge in [-0.25, -0.2) is 18.7 Å². The summed E-state index contributed by atoms with van der Waals surface area (Å²) in [6.07, 6.45) is 3.34. The molecule has 0 saturated heterocycles. The van der Waals surface area contributed by atoms with Crippen LogP contribution in [0, 0.1) is 33.4 Å². The predicted molar refractivity (Wildman–Crippen MR) is 192 cm³/mol. The van der Waals surface area contributed by atoms with Crippen molar-refractivity contribution in [3.63, 3.8) is 0 Å². The highest BCUT2D eigenvalue weighted by Gasteiger charge is 2.27. The molecule has 0 amide bonds. The van der Waals surface area contributed by atoms with Gasteiger partial charge in [-0.1, -0.05) is 30.3 Å². The number of halogens is 4. The average Bonchev–Trinajstić information content (AvgIpc) is 3.51. The average molecular weight is 730 g/mol. The van der Waals surface area contributed by atoms with Crippen LogP contribution in [-0.4, -0.2) is 47.3 Å². The molecule has 0 radical (unpaired) electrons. The third-order valence-corrected chi connectivity index (χ3v) is 8.99. The third kappa shape index (κ3) is 7.57. The summed E-state index contributed by atoms with van der Waals surface area (Å²) in [5, 5.41) is 13.3. The zero-order valence-electron chi connectivity index (χ0n) is 29.3. The van der Waals surface area contributed by atoms with Gasteiger partial charge < -0.3 is 23.7 Å². The van der Waals surface area contributed by atoms with Crippen molar-refractivity contribution < 1.29 is 36.7 Å². The van der Waals surface area contributed by atoms with Gasteiger partial charge in [0.15, 0.2) is 17.4 Å². The maximum Gasteiger partial charge on any atom is 0.293 e. The van der Waals surface area contributed by atoms with Crippen molar-refractivity contribution in [2.75, 3.05) is 32.7 Å². The fraction of sp³-hybridized carbons (Fsp3) is 0.231. The van der Waals surface area contributed by atoms with Gasteiger partial charge in [-0.05, 0) is 42.7 Å². The van der Waals surface area contributed by atoms with E-state index in [2.05, 4.69) is 4.98 Å².